The zero-order valence-electron chi connectivity index (χ0n) is 10.3. The van der Waals surface area contributed by atoms with Crippen LogP contribution >= 0.6 is 0 Å². The minimum atomic E-state index is -0.858. The van der Waals surface area contributed by atoms with Crippen molar-refractivity contribution in [3.05, 3.63) is 23.5 Å². The van der Waals surface area contributed by atoms with Crippen LogP contribution in [0.4, 0.5) is 0 Å². The SMILES string of the molecule is CCNCc1nc(C)ccc1OCC(O)CO. The molecule has 0 aliphatic carbocycles. The van der Waals surface area contributed by atoms with Crippen LogP contribution < -0.4 is 10.1 Å². The topological polar surface area (TPSA) is 74.6 Å². The van der Waals surface area contributed by atoms with Crippen molar-refractivity contribution >= 4 is 0 Å². The molecule has 1 rings (SSSR count). The average Bonchev–Trinajstić information content (AvgIpc) is 2.34. The fourth-order valence-electron chi connectivity index (χ4n) is 1.34. The van der Waals surface area contributed by atoms with Crippen LogP contribution in [0.25, 0.3) is 0 Å². The lowest BCUT2D eigenvalue weighted by Crippen LogP contribution is -2.22. The molecule has 3 N–H and O–H groups in total. The van der Waals surface area contributed by atoms with Crippen LogP contribution in [0.2, 0.25) is 0 Å². The van der Waals surface area contributed by atoms with Crippen molar-refractivity contribution < 1.29 is 14.9 Å². The van der Waals surface area contributed by atoms with Gasteiger partial charge in [0.2, 0.25) is 0 Å². The van der Waals surface area contributed by atoms with Gasteiger partial charge in [-0.2, -0.15) is 0 Å². The maximum atomic E-state index is 9.23. The van der Waals surface area contributed by atoms with Crippen molar-refractivity contribution in [2.45, 2.75) is 26.5 Å². The standard InChI is InChI=1S/C12H20N2O3/c1-3-13-6-11-12(5-4-9(2)14-11)17-8-10(16)7-15/h4-5,10,13,15-16H,3,6-8H2,1-2H3. The number of aromatic nitrogens is 1. The average molecular weight is 240 g/mol. The summed E-state index contributed by atoms with van der Waals surface area (Å²) in [7, 11) is 0. The minimum Gasteiger partial charge on any atom is -0.489 e. The Morgan fingerprint density at radius 3 is 2.88 bits per heavy atom. The Labute approximate surface area is 101 Å². The molecule has 0 bridgehead atoms. The quantitative estimate of drug-likeness (QED) is 0.636. The molecule has 1 atom stereocenters. The third kappa shape index (κ3) is 4.68. The Bertz CT molecular complexity index is 345. The van der Waals surface area contributed by atoms with Crippen LogP contribution in [0, 0.1) is 6.92 Å². The predicted molar refractivity (Wildman–Crippen MR) is 64.9 cm³/mol. The molecule has 0 radical (unpaired) electrons. The Morgan fingerprint density at radius 2 is 2.24 bits per heavy atom. The molecule has 96 valence electrons. The molecule has 5 nitrogen and oxygen atoms in total. The fraction of sp³-hybridized carbons (Fsp3) is 0.583. The predicted octanol–water partition coefficient (Wildman–Crippen LogP) is 0.232. The minimum absolute atomic E-state index is 0.0698. The van der Waals surface area contributed by atoms with Crippen LogP contribution in [0.1, 0.15) is 18.3 Å². The van der Waals surface area contributed by atoms with Gasteiger partial charge < -0.3 is 20.3 Å². The first-order valence-corrected chi connectivity index (χ1v) is 5.76. The molecular weight excluding hydrogens is 220 g/mol. The van der Waals surface area contributed by atoms with Crippen molar-refractivity contribution in [2.24, 2.45) is 0 Å². The number of pyridine rings is 1. The second-order valence-electron chi connectivity index (χ2n) is 3.83. The lowest BCUT2D eigenvalue weighted by molar-refractivity contribution is 0.0531. The normalized spacial score (nSPS) is 12.5. The zero-order chi connectivity index (χ0) is 12.7. The van der Waals surface area contributed by atoms with Gasteiger partial charge >= 0.3 is 0 Å². The summed E-state index contributed by atoms with van der Waals surface area (Å²) in [6.45, 7) is 5.19. The maximum absolute atomic E-state index is 9.23. The molecule has 0 amide bonds. The van der Waals surface area contributed by atoms with Crippen LogP contribution in [-0.2, 0) is 6.54 Å². The highest BCUT2D eigenvalue weighted by atomic mass is 16.5. The summed E-state index contributed by atoms with van der Waals surface area (Å²) in [5, 5.41) is 21.1. The van der Waals surface area contributed by atoms with Gasteiger partial charge in [-0.3, -0.25) is 4.98 Å². The van der Waals surface area contributed by atoms with Gasteiger partial charge in [0, 0.05) is 12.2 Å². The van der Waals surface area contributed by atoms with Crippen LogP contribution in [0.3, 0.4) is 0 Å². The molecule has 0 fully saturated rings. The van der Waals surface area contributed by atoms with Gasteiger partial charge in [-0.05, 0) is 25.6 Å². The molecule has 0 saturated heterocycles. The van der Waals surface area contributed by atoms with Gasteiger partial charge in [-0.15, -0.1) is 0 Å². The van der Waals surface area contributed by atoms with Gasteiger partial charge in [0.15, 0.2) is 0 Å². The lowest BCUT2D eigenvalue weighted by Gasteiger charge is -2.13. The number of aliphatic hydroxyl groups excluding tert-OH is 2. The van der Waals surface area contributed by atoms with E-state index in [-0.39, 0.29) is 13.2 Å². The number of rotatable bonds is 7. The number of aryl methyl sites for hydroxylation is 1. The Morgan fingerprint density at radius 1 is 1.47 bits per heavy atom. The largest absolute Gasteiger partial charge is 0.489 e. The highest BCUT2D eigenvalue weighted by Crippen LogP contribution is 2.17. The summed E-state index contributed by atoms with van der Waals surface area (Å²) in [6, 6.07) is 3.69. The van der Waals surface area contributed by atoms with E-state index in [9.17, 15) is 5.11 Å². The Balaban J connectivity index is 2.68. The van der Waals surface area contributed by atoms with Gasteiger partial charge in [0.25, 0.3) is 0 Å². The molecule has 5 heteroatoms. The molecule has 0 aliphatic heterocycles. The van der Waals surface area contributed by atoms with Crippen LogP contribution in [-0.4, -0.2) is 41.1 Å². The van der Waals surface area contributed by atoms with Gasteiger partial charge in [-0.25, -0.2) is 0 Å². The number of aliphatic hydroxyl groups is 2. The molecule has 0 saturated carbocycles. The molecule has 0 aliphatic rings. The second kappa shape index (κ2) is 7.21. The van der Waals surface area contributed by atoms with Crippen molar-refractivity contribution in [2.75, 3.05) is 19.8 Å². The fourth-order valence-corrected chi connectivity index (χ4v) is 1.34. The molecular formula is C12H20N2O3. The first-order valence-electron chi connectivity index (χ1n) is 5.76. The lowest BCUT2D eigenvalue weighted by atomic mass is 10.2. The highest BCUT2D eigenvalue weighted by Gasteiger charge is 2.08. The molecule has 1 unspecified atom stereocenters. The summed E-state index contributed by atoms with van der Waals surface area (Å²) < 4.78 is 5.43. The number of nitrogens with zero attached hydrogens (tertiary/aromatic N) is 1. The van der Waals surface area contributed by atoms with E-state index in [0.29, 0.717) is 12.3 Å². The van der Waals surface area contributed by atoms with E-state index in [1.165, 1.54) is 0 Å². The van der Waals surface area contributed by atoms with E-state index in [0.717, 1.165) is 17.9 Å². The summed E-state index contributed by atoms with van der Waals surface area (Å²) in [4.78, 5) is 4.38. The van der Waals surface area contributed by atoms with E-state index in [1.54, 1.807) is 0 Å². The third-order valence-corrected chi connectivity index (χ3v) is 2.26. The summed E-state index contributed by atoms with van der Waals surface area (Å²) >= 11 is 0. The van der Waals surface area contributed by atoms with E-state index in [2.05, 4.69) is 10.3 Å². The Hall–Kier alpha value is -1.17. The van der Waals surface area contributed by atoms with Crippen molar-refractivity contribution in [1.82, 2.24) is 10.3 Å². The summed E-state index contributed by atoms with van der Waals surface area (Å²) in [6.07, 6.45) is -0.858. The van der Waals surface area contributed by atoms with Crippen molar-refractivity contribution in [3.63, 3.8) is 0 Å². The smallest absolute Gasteiger partial charge is 0.142 e. The van der Waals surface area contributed by atoms with Crippen molar-refractivity contribution in [1.29, 1.82) is 0 Å². The Kier molecular flexibility index (Phi) is 5.90. The number of hydrogen-bond acceptors (Lipinski definition) is 5. The van der Waals surface area contributed by atoms with Gasteiger partial charge in [0.1, 0.15) is 18.5 Å². The highest BCUT2D eigenvalue weighted by molar-refractivity contribution is 5.29. The van der Waals surface area contributed by atoms with Gasteiger partial charge in [-0.1, -0.05) is 6.92 Å². The van der Waals surface area contributed by atoms with Gasteiger partial charge in [0.05, 0.1) is 12.3 Å². The van der Waals surface area contributed by atoms with Crippen LogP contribution in [0.15, 0.2) is 12.1 Å². The van der Waals surface area contributed by atoms with E-state index in [4.69, 9.17) is 9.84 Å². The summed E-state index contributed by atoms with van der Waals surface area (Å²) in [5.74, 6) is 0.643. The molecule has 17 heavy (non-hydrogen) atoms. The number of ether oxygens (including phenoxy) is 1. The van der Waals surface area contributed by atoms with E-state index < -0.39 is 6.10 Å². The molecule has 0 spiro atoms. The monoisotopic (exact) mass is 240 g/mol. The summed E-state index contributed by atoms with van der Waals surface area (Å²) in [5.41, 5.74) is 1.74. The maximum Gasteiger partial charge on any atom is 0.142 e. The van der Waals surface area contributed by atoms with Crippen molar-refractivity contribution in [3.8, 4) is 5.75 Å². The molecule has 1 aromatic rings. The number of hydrogen-bond donors (Lipinski definition) is 3. The molecule has 0 aromatic carbocycles. The first kappa shape index (κ1) is 13.9. The third-order valence-electron chi connectivity index (χ3n) is 2.26. The van der Waals surface area contributed by atoms with E-state index >= 15 is 0 Å². The van der Waals surface area contributed by atoms with Crippen LogP contribution in [0.5, 0.6) is 5.75 Å². The number of nitrogens with one attached hydrogen (secondary N) is 1. The van der Waals surface area contributed by atoms with E-state index in [1.807, 2.05) is 26.0 Å². The molecule has 1 aromatic heterocycles. The zero-order valence-corrected chi connectivity index (χ0v) is 10.3. The second-order valence-corrected chi connectivity index (χ2v) is 3.83. The first-order chi connectivity index (χ1) is 8.17. The molecule has 1 heterocycles.